The van der Waals surface area contributed by atoms with Gasteiger partial charge in [-0.25, -0.2) is 9.18 Å². The van der Waals surface area contributed by atoms with Gasteiger partial charge in [0.2, 0.25) is 0 Å². The zero-order valence-corrected chi connectivity index (χ0v) is 25.9. The lowest BCUT2D eigenvalue weighted by Crippen LogP contribution is -2.48. The fourth-order valence-electron chi connectivity index (χ4n) is 5.91. The number of amides is 2. The molecule has 2 aromatic heterocycles. The summed E-state index contributed by atoms with van der Waals surface area (Å²) in [4.78, 5) is 34.7. The molecule has 8 heteroatoms. The van der Waals surface area contributed by atoms with Gasteiger partial charge in [-0.15, -0.1) is 0 Å². The normalized spacial score (nSPS) is 17.3. The van der Waals surface area contributed by atoms with E-state index in [-0.39, 0.29) is 30.0 Å². The molecule has 43 heavy (non-hydrogen) atoms. The number of benzene rings is 2. The van der Waals surface area contributed by atoms with E-state index in [1.54, 1.807) is 30.4 Å². The van der Waals surface area contributed by atoms with Crippen molar-refractivity contribution in [2.24, 2.45) is 0 Å². The fourth-order valence-corrected chi connectivity index (χ4v) is 5.91. The molecule has 2 atom stereocenters. The van der Waals surface area contributed by atoms with Gasteiger partial charge in [0.15, 0.2) is 0 Å². The first-order valence-corrected chi connectivity index (χ1v) is 15.0. The Balaban J connectivity index is 1.54. The molecular weight excluding hydrogens is 543 g/mol. The van der Waals surface area contributed by atoms with E-state index in [4.69, 9.17) is 4.74 Å². The maximum absolute atomic E-state index is 14.5. The van der Waals surface area contributed by atoms with Crippen LogP contribution in [0, 0.1) is 5.82 Å². The van der Waals surface area contributed by atoms with E-state index in [0.717, 1.165) is 41.3 Å². The molecule has 2 aromatic carbocycles. The highest BCUT2D eigenvalue weighted by Crippen LogP contribution is 2.39. The van der Waals surface area contributed by atoms with Crippen LogP contribution in [0.5, 0.6) is 0 Å². The van der Waals surface area contributed by atoms with Crippen molar-refractivity contribution in [2.75, 3.05) is 13.6 Å². The molecule has 1 saturated heterocycles. The van der Waals surface area contributed by atoms with Gasteiger partial charge in [0.05, 0.1) is 23.0 Å². The van der Waals surface area contributed by atoms with Crippen molar-refractivity contribution < 1.29 is 18.7 Å². The van der Waals surface area contributed by atoms with Crippen molar-refractivity contribution in [3.63, 3.8) is 0 Å². The minimum atomic E-state index is -0.584. The van der Waals surface area contributed by atoms with Gasteiger partial charge in [-0.2, -0.15) is 0 Å². The average molecular weight is 585 g/mol. The van der Waals surface area contributed by atoms with Gasteiger partial charge >= 0.3 is 6.09 Å². The Labute approximate surface area is 253 Å². The number of pyridine rings is 1. The second-order valence-electron chi connectivity index (χ2n) is 12.8. The molecule has 0 aliphatic carbocycles. The van der Waals surface area contributed by atoms with E-state index in [1.165, 1.54) is 12.1 Å². The first-order chi connectivity index (χ1) is 20.4. The van der Waals surface area contributed by atoms with E-state index >= 15 is 0 Å². The molecule has 0 bridgehead atoms. The Bertz CT molecular complexity index is 1610. The standard InChI is InChI=1S/C35H41FN4O3/c1-23(2)38(6)33(41)29-20-26(36)12-13-31(29)40-22-30(28-14-16-37-21-32(28)40)25-15-17-39(34(42)43-35(3,4)5)27(19-25)18-24-10-8-7-9-11-24/h7-14,16,20-23,25,27H,15,17-19H2,1-6H3. The molecule has 0 saturated carbocycles. The van der Waals surface area contributed by atoms with Gasteiger partial charge in [0, 0.05) is 43.5 Å². The summed E-state index contributed by atoms with van der Waals surface area (Å²) in [7, 11) is 1.73. The van der Waals surface area contributed by atoms with Crippen molar-refractivity contribution in [1.82, 2.24) is 19.4 Å². The number of hydrogen-bond acceptors (Lipinski definition) is 4. The largest absolute Gasteiger partial charge is 0.444 e. The molecule has 2 amide bonds. The fraction of sp³-hybridized carbons (Fsp3) is 0.400. The maximum atomic E-state index is 14.5. The number of ether oxygens (including phenoxy) is 1. The lowest BCUT2D eigenvalue weighted by atomic mass is 9.83. The van der Waals surface area contributed by atoms with Gasteiger partial charge in [-0.05, 0) is 95.2 Å². The number of piperidine rings is 1. The predicted molar refractivity (Wildman–Crippen MR) is 167 cm³/mol. The monoisotopic (exact) mass is 584 g/mol. The molecule has 1 aliphatic rings. The summed E-state index contributed by atoms with van der Waals surface area (Å²) in [5.74, 6) is -0.556. The summed E-state index contributed by atoms with van der Waals surface area (Å²) in [5, 5.41) is 1.03. The van der Waals surface area contributed by atoms with E-state index < -0.39 is 11.4 Å². The van der Waals surface area contributed by atoms with Gasteiger partial charge in [-0.3, -0.25) is 9.78 Å². The molecule has 4 aromatic rings. The summed E-state index contributed by atoms with van der Waals surface area (Å²) in [6, 6.07) is 16.5. The quantitative estimate of drug-likeness (QED) is 0.237. The number of halogens is 1. The first kappa shape index (κ1) is 30.3. The highest BCUT2D eigenvalue weighted by Gasteiger charge is 2.36. The lowest BCUT2D eigenvalue weighted by molar-refractivity contribution is 0.00814. The Morgan fingerprint density at radius 1 is 1.12 bits per heavy atom. The summed E-state index contributed by atoms with van der Waals surface area (Å²) in [6.45, 7) is 10.1. The minimum absolute atomic E-state index is 0.0426. The molecule has 1 aliphatic heterocycles. The smallest absolute Gasteiger partial charge is 0.410 e. The van der Waals surface area contributed by atoms with Crippen LogP contribution < -0.4 is 0 Å². The number of hydrogen-bond donors (Lipinski definition) is 0. The van der Waals surface area contributed by atoms with Crippen LogP contribution in [0.25, 0.3) is 16.6 Å². The van der Waals surface area contributed by atoms with Crippen LogP contribution in [0.1, 0.15) is 74.9 Å². The number of rotatable bonds is 6. The number of carbonyl (C=O) groups excluding carboxylic acids is 2. The SMILES string of the molecule is CC(C)N(C)C(=O)c1cc(F)ccc1-n1cc(C2CCN(C(=O)OC(C)(C)C)C(Cc3ccccc3)C2)c2ccncc21. The third-order valence-corrected chi connectivity index (χ3v) is 8.28. The first-order valence-electron chi connectivity index (χ1n) is 15.0. The summed E-state index contributed by atoms with van der Waals surface area (Å²) >= 11 is 0. The van der Waals surface area contributed by atoms with Crippen molar-refractivity contribution >= 4 is 22.9 Å². The van der Waals surface area contributed by atoms with E-state index in [0.29, 0.717) is 17.8 Å². The molecule has 2 unspecified atom stereocenters. The highest BCUT2D eigenvalue weighted by molar-refractivity contribution is 5.99. The second-order valence-corrected chi connectivity index (χ2v) is 12.8. The van der Waals surface area contributed by atoms with E-state index in [1.807, 2.05) is 68.4 Å². The van der Waals surface area contributed by atoms with Crippen molar-refractivity contribution in [1.29, 1.82) is 0 Å². The molecule has 0 N–H and O–H groups in total. The number of aromatic nitrogens is 2. The van der Waals surface area contributed by atoms with Crippen LogP contribution in [-0.4, -0.2) is 62.6 Å². The van der Waals surface area contributed by atoms with Crippen molar-refractivity contribution in [2.45, 2.75) is 77.5 Å². The molecular formula is C35H41FN4O3. The van der Waals surface area contributed by atoms with E-state index in [2.05, 4.69) is 23.3 Å². The van der Waals surface area contributed by atoms with Gasteiger partial charge < -0.3 is 19.1 Å². The maximum Gasteiger partial charge on any atom is 0.410 e. The van der Waals surface area contributed by atoms with Crippen LogP contribution in [0.15, 0.2) is 73.2 Å². The third kappa shape index (κ3) is 6.58. The number of likely N-dealkylation sites (tertiary alicyclic amines) is 1. The minimum Gasteiger partial charge on any atom is -0.444 e. The molecule has 0 radical (unpaired) electrons. The Morgan fingerprint density at radius 3 is 2.56 bits per heavy atom. The van der Waals surface area contributed by atoms with Crippen LogP contribution in [-0.2, 0) is 11.2 Å². The summed E-state index contributed by atoms with van der Waals surface area (Å²) in [6.07, 6.45) is 7.57. The van der Waals surface area contributed by atoms with Gasteiger partial charge in [0.25, 0.3) is 5.91 Å². The summed E-state index contributed by atoms with van der Waals surface area (Å²) < 4.78 is 22.3. The zero-order valence-electron chi connectivity index (χ0n) is 25.9. The molecule has 0 spiro atoms. The van der Waals surface area contributed by atoms with Crippen LogP contribution >= 0.6 is 0 Å². The lowest BCUT2D eigenvalue weighted by Gasteiger charge is -2.40. The van der Waals surface area contributed by atoms with Crippen LogP contribution in [0.2, 0.25) is 0 Å². The third-order valence-electron chi connectivity index (χ3n) is 8.28. The Morgan fingerprint density at radius 2 is 1.86 bits per heavy atom. The predicted octanol–water partition coefficient (Wildman–Crippen LogP) is 7.37. The van der Waals surface area contributed by atoms with Gasteiger partial charge in [0.1, 0.15) is 11.4 Å². The number of nitrogens with zero attached hydrogens (tertiary/aromatic N) is 4. The Kier molecular flexibility index (Phi) is 8.58. The van der Waals surface area contributed by atoms with E-state index in [9.17, 15) is 14.0 Å². The highest BCUT2D eigenvalue weighted by atomic mass is 19.1. The van der Waals surface area contributed by atoms with Crippen LogP contribution in [0.3, 0.4) is 0 Å². The van der Waals surface area contributed by atoms with Gasteiger partial charge in [-0.1, -0.05) is 30.3 Å². The molecule has 226 valence electrons. The molecule has 5 rings (SSSR count). The number of carbonyl (C=O) groups is 2. The van der Waals surface area contributed by atoms with Crippen molar-refractivity contribution in [3.8, 4) is 5.69 Å². The summed E-state index contributed by atoms with van der Waals surface area (Å²) in [5.41, 5.74) is 3.45. The molecule has 3 heterocycles. The molecule has 7 nitrogen and oxygen atoms in total. The Hall–Kier alpha value is -4.20. The molecule has 1 fully saturated rings. The van der Waals surface area contributed by atoms with Crippen molar-refractivity contribution in [3.05, 3.63) is 95.7 Å². The second kappa shape index (κ2) is 12.2. The zero-order chi connectivity index (χ0) is 30.9. The number of fused-ring (bicyclic) bond motifs is 1. The topological polar surface area (TPSA) is 67.7 Å². The van der Waals surface area contributed by atoms with Crippen LogP contribution in [0.4, 0.5) is 9.18 Å². The average Bonchev–Trinajstić information content (AvgIpc) is 3.35.